The standard InChI is InChI=1S/C34H41FN2O7/c1-6-42-31(39)37(32(40)44-33(3,4)5)26-13-15-27-23(17-26)18-34(41)29(20(2)43-30(34)38)28(27)14-12-25-11-10-22(19-36-25)21-8-7-9-24(35)16-21/h7-12,14,16,19-20,23,26-29,41H,6,13,15,17-18H2,1-5H3/t20-,23+,26-,27-,28+,29+,34+/m1/s1. The predicted octanol–water partition coefficient (Wildman–Crippen LogP) is 6.39. The molecule has 1 aromatic carbocycles. The first-order valence-electron chi connectivity index (χ1n) is 15.3. The second-order valence-electron chi connectivity index (χ2n) is 13.1. The molecule has 1 aliphatic heterocycles. The number of allylic oxidation sites excluding steroid dienone is 1. The van der Waals surface area contributed by atoms with Crippen LogP contribution in [0.3, 0.4) is 0 Å². The van der Waals surface area contributed by atoms with E-state index >= 15 is 0 Å². The molecular weight excluding hydrogens is 567 g/mol. The highest BCUT2D eigenvalue weighted by Crippen LogP contribution is 2.56. The van der Waals surface area contributed by atoms with E-state index in [1.165, 1.54) is 12.1 Å². The Kier molecular flexibility index (Phi) is 8.84. The van der Waals surface area contributed by atoms with E-state index in [9.17, 15) is 23.9 Å². The van der Waals surface area contributed by atoms with Crippen LogP contribution in [0.15, 0.2) is 48.7 Å². The first-order valence-corrected chi connectivity index (χ1v) is 15.3. The Morgan fingerprint density at radius 1 is 1.18 bits per heavy atom. The van der Waals surface area contributed by atoms with Crippen LogP contribution in [0, 0.1) is 29.5 Å². The van der Waals surface area contributed by atoms with Crippen LogP contribution in [0.5, 0.6) is 0 Å². The Bertz CT molecular complexity index is 1420. The van der Waals surface area contributed by atoms with Gasteiger partial charge in [0.1, 0.15) is 17.5 Å². The van der Waals surface area contributed by atoms with Crippen molar-refractivity contribution >= 4 is 24.2 Å². The number of carbonyl (C=O) groups excluding carboxylic acids is 3. The molecule has 0 bridgehead atoms. The van der Waals surface area contributed by atoms with Gasteiger partial charge in [-0.25, -0.2) is 23.7 Å². The van der Waals surface area contributed by atoms with Crippen molar-refractivity contribution in [3.8, 4) is 11.1 Å². The van der Waals surface area contributed by atoms with Crippen LogP contribution in [0.1, 0.15) is 66.0 Å². The number of hydrogen-bond acceptors (Lipinski definition) is 8. The van der Waals surface area contributed by atoms with Gasteiger partial charge in [0.2, 0.25) is 0 Å². The van der Waals surface area contributed by atoms with Crippen LogP contribution in [0.4, 0.5) is 14.0 Å². The SMILES string of the molecule is CCOC(=O)N(C(=O)OC(C)(C)C)[C@@H]1CC[C@@H]2[C@@H](C1)C[C@@]1(O)C(=O)O[C@H](C)[C@H]1[C@H]2C=Cc1ccc(-c2cccc(F)c2)cn1. The van der Waals surface area contributed by atoms with Gasteiger partial charge >= 0.3 is 18.2 Å². The van der Waals surface area contributed by atoms with Gasteiger partial charge in [-0.15, -0.1) is 0 Å². The summed E-state index contributed by atoms with van der Waals surface area (Å²) < 4.78 is 30.1. The molecule has 3 aliphatic rings. The Morgan fingerprint density at radius 3 is 2.61 bits per heavy atom. The number of fused-ring (bicyclic) bond motifs is 2. The second-order valence-corrected chi connectivity index (χ2v) is 13.1. The van der Waals surface area contributed by atoms with E-state index in [4.69, 9.17) is 14.2 Å². The number of amides is 2. The van der Waals surface area contributed by atoms with Crippen LogP contribution in [0.2, 0.25) is 0 Å². The van der Waals surface area contributed by atoms with Gasteiger partial charge in [-0.1, -0.05) is 24.3 Å². The Morgan fingerprint density at radius 2 is 1.95 bits per heavy atom. The summed E-state index contributed by atoms with van der Waals surface area (Å²) in [7, 11) is 0. The molecule has 1 aromatic heterocycles. The van der Waals surface area contributed by atoms with Gasteiger partial charge in [0, 0.05) is 23.7 Å². The van der Waals surface area contributed by atoms with E-state index in [0.29, 0.717) is 25.0 Å². The van der Waals surface area contributed by atoms with Crippen LogP contribution in [-0.2, 0) is 19.0 Å². The number of carbonyl (C=O) groups is 3. The van der Waals surface area contributed by atoms with Crippen molar-refractivity contribution < 1.29 is 38.1 Å². The summed E-state index contributed by atoms with van der Waals surface area (Å²) in [6, 6.07) is 9.53. The number of nitrogens with zero attached hydrogens (tertiary/aromatic N) is 2. The average Bonchev–Trinajstić information content (AvgIpc) is 3.17. The molecule has 2 amide bonds. The number of esters is 1. The number of halogens is 1. The van der Waals surface area contributed by atoms with Gasteiger partial charge in [-0.05, 0) is 108 Å². The Hall–Kier alpha value is -3.79. The molecule has 1 saturated heterocycles. The highest BCUT2D eigenvalue weighted by molar-refractivity contribution is 5.88. The van der Waals surface area contributed by atoms with Crippen molar-refractivity contribution in [1.82, 2.24) is 9.88 Å². The smallest absolute Gasteiger partial charge is 0.420 e. The first-order chi connectivity index (χ1) is 20.8. The zero-order valence-electron chi connectivity index (χ0n) is 25.9. The van der Waals surface area contributed by atoms with Gasteiger partial charge in [-0.3, -0.25) is 4.98 Å². The first kappa shape index (κ1) is 31.6. The largest absolute Gasteiger partial charge is 0.460 e. The highest BCUT2D eigenvalue weighted by Gasteiger charge is 2.64. The second kappa shape index (κ2) is 12.3. The summed E-state index contributed by atoms with van der Waals surface area (Å²) >= 11 is 0. The van der Waals surface area contributed by atoms with Gasteiger partial charge in [0.25, 0.3) is 0 Å². The average molecular weight is 609 g/mol. The van der Waals surface area contributed by atoms with E-state index in [1.807, 2.05) is 37.3 Å². The lowest BCUT2D eigenvalue weighted by Gasteiger charge is -2.51. The molecule has 1 N–H and O–H groups in total. The van der Waals surface area contributed by atoms with Crippen molar-refractivity contribution in [2.75, 3.05) is 6.61 Å². The quantitative estimate of drug-likeness (QED) is 0.307. The summed E-state index contributed by atoms with van der Waals surface area (Å²) in [5, 5.41) is 11.8. The molecule has 2 heterocycles. The van der Waals surface area contributed by atoms with Gasteiger partial charge in [0.15, 0.2) is 5.60 Å². The summed E-state index contributed by atoms with van der Waals surface area (Å²) in [6.45, 7) is 8.78. The molecular formula is C34H41FN2O7. The normalized spacial score (nSPS) is 29.8. The number of pyridine rings is 1. The molecule has 10 heteroatoms. The number of aromatic nitrogens is 1. The molecule has 2 aromatic rings. The minimum Gasteiger partial charge on any atom is -0.460 e. The number of ether oxygens (including phenoxy) is 3. The van der Waals surface area contributed by atoms with Crippen molar-refractivity contribution in [3.05, 3.63) is 60.2 Å². The minimum atomic E-state index is -1.69. The van der Waals surface area contributed by atoms with Crippen molar-refractivity contribution in [1.29, 1.82) is 0 Å². The Labute approximate surface area is 257 Å². The summed E-state index contributed by atoms with van der Waals surface area (Å²) in [4.78, 5) is 44.8. The lowest BCUT2D eigenvalue weighted by molar-refractivity contribution is -0.162. The van der Waals surface area contributed by atoms with Crippen molar-refractivity contribution in [3.63, 3.8) is 0 Å². The number of aliphatic hydroxyl groups is 1. The number of rotatable bonds is 5. The van der Waals surface area contributed by atoms with Gasteiger partial charge in [0.05, 0.1) is 12.3 Å². The lowest BCUT2D eigenvalue weighted by atomic mass is 9.55. The van der Waals surface area contributed by atoms with E-state index in [2.05, 4.69) is 4.98 Å². The van der Waals surface area contributed by atoms with E-state index in [1.54, 1.807) is 40.0 Å². The van der Waals surface area contributed by atoms with Crippen molar-refractivity contribution in [2.24, 2.45) is 23.7 Å². The molecule has 3 fully saturated rings. The number of benzene rings is 1. The highest BCUT2D eigenvalue weighted by atomic mass is 19.1. The number of imide groups is 1. The monoisotopic (exact) mass is 608 g/mol. The van der Waals surface area contributed by atoms with E-state index < -0.39 is 47.4 Å². The maximum absolute atomic E-state index is 13.7. The van der Waals surface area contributed by atoms with Crippen LogP contribution < -0.4 is 0 Å². The number of cyclic esters (lactones) is 1. The zero-order chi connectivity index (χ0) is 31.8. The zero-order valence-corrected chi connectivity index (χ0v) is 25.9. The van der Waals surface area contributed by atoms with Crippen LogP contribution in [0.25, 0.3) is 17.2 Å². The molecule has 0 unspecified atom stereocenters. The third-order valence-electron chi connectivity index (χ3n) is 9.05. The summed E-state index contributed by atoms with van der Waals surface area (Å²) in [6.07, 6.45) is 5.30. The Balaban J connectivity index is 1.41. The fourth-order valence-corrected chi connectivity index (χ4v) is 7.32. The molecule has 44 heavy (non-hydrogen) atoms. The molecule has 0 spiro atoms. The third-order valence-corrected chi connectivity index (χ3v) is 9.05. The lowest BCUT2D eigenvalue weighted by Crippen LogP contribution is -2.57. The fraction of sp³-hybridized carbons (Fsp3) is 0.529. The fourth-order valence-electron chi connectivity index (χ4n) is 7.32. The number of hydrogen-bond donors (Lipinski definition) is 1. The topological polar surface area (TPSA) is 115 Å². The predicted molar refractivity (Wildman–Crippen MR) is 160 cm³/mol. The maximum atomic E-state index is 13.7. The molecule has 7 atom stereocenters. The molecule has 2 saturated carbocycles. The van der Waals surface area contributed by atoms with Crippen LogP contribution >= 0.6 is 0 Å². The molecule has 0 radical (unpaired) electrons. The summed E-state index contributed by atoms with van der Waals surface area (Å²) in [5.41, 5.74) is -0.307. The van der Waals surface area contributed by atoms with Crippen molar-refractivity contribution in [2.45, 2.75) is 83.6 Å². The molecule has 9 nitrogen and oxygen atoms in total. The van der Waals surface area contributed by atoms with Gasteiger partial charge < -0.3 is 19.3 Å². The molecule has 236 valence electrons. The summed E-state index contributed by atoms with van der Waals surface area (Å²) in [5.74, 6) is -1.74. The third kappa shape index (κ3) is 6.36. The molecule has 5 rings (SSSR count). The maximum Gasteiger partial charge on any atom is 0.420 e. The molecule has 2 aliphatic carbocycles. The van der Waals surface area contributed by atoms with Crippen LogP contribution in [-0.4, -0.2) is 63.1 Å². The minimum absolute atomic E-state index is 0.0685. The van der Waals surface area contributed by atoms with E-state index in [-0.39, 0.29) is 36.6 Å². The van der Waals surface area contributed by atoms with Gasteiger partial charge in [-0.2, -0.15) is 0 Å². The van der Waals surface area contributed by atoms with E-state index in [0.717, 1.165) is 16.0 Å².